The molecule has 34 heavy (non-hydrogen) atoms. The van der Waals surface area contributed by atoms with Crippen molar-refractivity contribution in [3.05, 3.63) is 62.3 Å². The molecule has 1 fully saturated rings. The number of hydrogen-bond donors (Lipinski definition) is 3. The van der Waals surface area contributed by atoms with Crippen molar-refractivity contribution in [2.24, 2.45) is 5.73 Å². The molecule has 178 valence electrons. The Morgan fingerprint density at radius 3 is 2.47 bits per heavy atom. The summed E-state index contributed by atoms with van der Waals surface area (Å²) in [5.74, 6) is -1.57. The van der Waals surface area contributed by atoms with Gasteiger partial charge in [-0.2, -0.15) is 4.37 Å². The van der Waals surface area contributed by atoms with Crippen LogP contribution in [0.5, 0.6) is 0 Å². The molecule has 2 aromatic heterocycles. The summed E-state index contributed by atoms with van der Waals surface area (Å²) < 4.78 is 3.99. The second-order valence-corrected chi connectivity index (χ2v) is 10.2. The highest BCUT2D eigenvalue weighted by atomic mass is 32.1. The Labute approximate surface area is 206 Å². The van der Waals surface area contributed by atoms with Crippen molar-refractivity contribution in [1.29, 1.82) is 0 Å². The molecule has 1 atom stereocenters. The molecule has 5 N–H and O–H groups in total. The number of nitrogens with zero attached hydrogens (tertiary/aromatic N) is 2. The van der Waals surface area contributed by atoms with Gasteiger partial charge in [0.2, 0.25) is 5.91 Å². The number of hydrogen-bond acceptors (Lipinski definition) is 7. The number of carbonyl (C=O) groups is 3. The van der Waals surface area contributed by atoms with Crippen molar-refractivity contribution in [2.75, 3.05) is 10.6 Å². The molecule has 1 aliphatic rings. The lowest BCUT2D eigenvalue weighted by Crippen LogP contribution is -2.46. The number of aromatic nitrogens is 1. The summed E-state index contributed by atoms with van der Waals surface area (Å²) in [5.41, 5.74) is 13.9. The summed E-state index contributed by atoms with van der Waals surface area (Å²) in [5, 5.41) is 5.02. The summed E-state index contributed by atoms with van der Waals surface area (Å²) in [6.45, 7) is 3.93. The average molecular weight is 498 g/mol. The van der Waals surface area contributed by atoms with E-state index >= 15 is 0 Å². The van der Waals surface area contributed by atoms with E-state index in [1.54, 1.807) is 0 Å². The van der Waals surface area contributed by atoms with E-state index in [9.17, 15) is 14.4 Å². The minimum absolute atomic E-state index is 0.0715. The van der Waals surface area contributed by atoms with Gasteiger partial charge in [0.1, 0.15) is 4.88 Å². The van der Waals surface area contributed by atoms with Gasteiger partial charge in [-0.25, -0.2) is 0 Å². The first-order valence-corrected chi connectivity index (χ1v) is 12.7. The summed E-state index contributed by atoms with van der Waals surface area (Å²) >= 11 is 2.21. The molecule has 0 aliphatic heterocycles. The average Bonchev–Trinajstić information content (AvgIpc) is 3.56. The number of carbonyl (C=O) groups excluding carboxylic acids is 3. The van der Waals surface area contributed by atoms with Crippen molar-refractivity contribution in [2.45, 2.75) is 51.6 Å². The van der Waals surface area contributed by atoms with Gasteiger partial charge in [0, 0.05) is 16.6 Å². The quantitative estimate of drug-likeness (QED) is 0.455. The van der Waals surface area contributed by atoms with E-state index < -0.39 is 17.9 Å². The van der Waals surface area contributed by atoms with E-state index in [1.165, 1.54) is 16.2 Å². The molecular formula is C24H27N5O3S2. The summed E-state index contributed by atoms with van der Waals surface area (Å²) in [6, 6.07) is 8.48. The van der Waals surface area contributed by atoms with Crippen LogP contribution in [-0.2, 0) is 4.79 Å². The molecule has 3 amide bonds. The van der Waals surface area contributed by atoms with Gasteiger partial charge in [0.25, 0.3) is 11.8 Å². The van der Waals surface area contributed by atoms with Crippen LogP contribution in [0, 0.1) is 13.8 Å². The number of nitrogen functional groups attached to an aromatic ring is 1. The molecule has 0 saturated heterocycles. The zero-order chi connectivity index (χ0) is 24.4. The lowest BCUT2D eigenvalue weighted by molar-refractivity contribution is -0.123. The van der Waals surface area contributed by atoms with Gasteiger partial charge >= 0.3 is 0 Å². The maximum atomic E-state index is 14.0. The van der Waals surface area contributed by atoms with E-state index in [0.717, 1.165) is 53.2 Å². The Kier molecular flexibility index (Phi) is 6.99. The van der Waals surface area contributed by atoms with Crippen LogP contribution in [0.2, 0.25) is 0 Å². The van der Waals surface area contributed by atoms with Gasteiger partial charge in [-0.15, -0.1) is 11.3 Å². The molecular weight excluding hydrogens is 470 g/mol. The van der Waals surface area contributed by atoms with Crippen molar-refractivity contribution in [3.8, 4) is 0 Å². The van der Waals surface area contributed by atoms with Crippen LogP contribution in [0.3, 0.4) is 0 Å². The monoisotopic (exact) mass is 497 g/mol. The Bertz CT molecular complexity index is 1220. The van der Waals surface area contributed by atoms with Crippen molar-refractivity contribution >= 4 is 52.0 Å². The highest BCUT2D eigenvalue weighted by Crippen LogP contribution is 2.35. The Morgan fingerprint density at radius 2 is 1.88 bits per heavy atom. The number of anilines is 2. The molecule has 0 spiro atoms. The summed E-state index contributed by atoms with van der Waals surface area (Å²) in [7, 11) is 0. The standard InChI is InChI=1S/C24H27N5O3S2/c1-13-9-10-16(12-14(13)2)29(24(32)21-18(25)19(22(26)30)28-34-21)20(17-8-5-11-33-17)23(31)27-15-6-3-4-7-15/h5,8-12,15,20H,3-4,6-7,25H2,1-2H3,(H2,26,30)(H,27,31). The molecule has 1 aliphatic carbocycles. The van der Waals surface area contributed by atoms with Gasteiger partial charge in [-0.1, -0.05) is 25.0 Å². The fraction of sp³-hybridized carbons (Fsp3) is 0.333. The van der Waals surface area contributed by atoms with Crippen LogP contribution in [0.25, 0.3) is 0 Å². The summed E-state index contributed by atoms with van der Waals surface area (Å²) in [4.78, 5) is 41.6. The number of amides is 3. The molecule has 10 heteroatoms. The minimum Gasteiger partial charge on any atom is -0.395 e. The Balaban J connectivity index is 1.83. The van der Waals surface area contributed by atoms with Crippen molar-refractivity contribution < 1.29 is 14.4 Å². The molecule has 0 radical (unpaired) electrons. The topological polar surface area (TPSA) is 131 Å². The number of aryl methyl sites for hydroxylation is 2. The lowest BCUT2D eigenvalue weighted by atomic mass is 10.1. The van der Waals surface area contributed by atoms with E-state index in [-0.39, 0.29) is 28.2 Å². The predicted molar refractivity (Wildman–Crippen MR) is 135 cm³/mol. The van der Waals surface area contributed by atoms with Gasteiger partial charge in [0.05, 0.1) is 5.69 Å². The van der Waals surface area contributed by atoms with Crippen LogP contribution in [-0.4, -0.2) is 28.1 Å². The number of nitrogens with two attached hydrogens (primary N) is 2. The second kappa shape index (κ2) is 9.94. The molecule has 1 saturated carbocycles. The molecule has 2 heterocycles. The third kappa shape index (κ3) is 4.69. The zero-order valence-electron chi connectivity index (χ0n) is 19.0. The number of nitrogens with one attached hydrogen (secondary N) is 1. The van der Waals surface area contributed by atoms with Gasteiger partial charge in [-0.3, -0.25) is 19.3 Å². The maximum absolute atomic E-state index is 14.0. The number of thiophene rings is 1. The Hall–Kier alpha value is -3.24. The van der Waals surface area contributed by atoms with Crippen LogP contribution < -0.4 is 21.7 Å². The summed E-state index contributed by atoms with van der Waals surface area (Å²) in [6.07, 6.45) is 3.98. The lowest BCUT2D eigenvalue weighted by Gasteiger charge is -2.31. The fourth-order valence-corrected chi connectivity index (χ4v) is 5.72. The van der Waals surface area contributed by atoms with Crippen molar-refractivity contribution in [1.82, 2.24) is 9.69 Å². The van der Waals surface area contributed by atoms with Crippen LogP contribution in [0.15, 0.2) is 35.7 Å². The molecule has 1 unspecified atom stereocenters. The van der Waals surface area contributed by atoms with Gasteiger partial charge in [0.15, 0.2) is 11.7 Å². The highest BCUT2D eigenvalue weighted by molar-refractivity contribution is 7.10. The van der Waals surface area contributed by atoms with Crippen LogP contribution in [0.4, 0.5) is 11.4 Å². The first-order chi connectivity index (χ1) is 16.3. The molecule has 1 aromatic carbocycles. The van der Waals surface area contributed by atoms with E-state index in [4.69, 9.17) is 11.5 Å². The van der Waals surface area contributed by atoms with Crippen LogP contribution in [0.1, 0.15) is 67.9 Å². The largest absolute Gasteiger partial charge is 0.395 e. The third-order valence-electron chi connectivity index (χ3n) is 6.16. The van der Waals surface area contributed by atoms with Gasteiger partial charge < -0.3 is 16.8 Å². The molecule has 0 bridgehead atoms. The number of primary amides is 1. The zero-order valence-corrected chi connectivity index (χ0v) is 20.7. The molecule has 4 rings (SSSR count). The Morgan fingerprint density at radius 1 is 1.15 bits per heavy atom. The predicted octanol–water partition coefficient (Wildman–Crippen LogP) is 3.95. The molecule has 3 aromatic rings. The number of rotatable bonds is 7. The van der Waals surface area contributed by atoms with E-state index in [2.05, 4.69) is 9.69 Å². The third-order valence-corrected chi connectivity index (χ3v) is 7.94. The van der Waals surface area contributed by atoms with E-state index in [0.29, 0.717) is 5.69 Å². The van der Waals surface area contributed by atoms with Crippen LogP contribution >= 0.6 is 22.9 Å². The first-order valence-electron chi connectivity index (χ1n) is 11.1. The smallest absolute Gasteiger partial charge is 0.273 e. The maximum Gasteiger partial charge on any atom is 0.273 e. The molecule has 8 nitrogen and oxygen atoms in total. The van der Waals surface area contributed by atoms with Crippen molar-refractivity contribution in [3.63, 3.8) is 0 Å². The van der Waals surface area contributed by atoms with Gasteiger partial charge in [-0.05, 0) is 72.9 Å². The first kappa shape index (κ1) is 23.9. The number of benzene rings is 1. The fourth-order valence-electron chi connectivity index (χ4n) is 4.17. The minimum atomic E-state index is -0.909. The second-order valence-electron chi connectivity index (χ2n) is 8.49. The highest BCUT2D eigenvalue weighted by Gasteiger charge is 2.37. The van der Waals surface area contributed by atoms with E-state index in [1.807, 2.05) is 49.6 Å². The SMILES string of the molecule is Cc1ccc(N(C(=O)c2snc(C(N)=O)c2N)C(C(=O)NC2CCCC2)c2cccs2)cc1C. The normalized spacial score (nSPS) is 14.6.